The van der Waals surface area contributed by atoms with Gasteiger partial charge in [0, 0.05) is 14.0 Å². The number of esters is 5. The van der Waals surface area contributed by atoms with E-state index in [4.69, 9.17) is 0 Å². The van der Waals surface area contributed by atoms with Gasteiger partial charge in [-0.3, -0.25) is 4.79 Å². The van der Waals surface area contributed by atoms with Gasteiger partial charge in [0.2, 0.25) is 6.79 Å². The second kappa shape index (κ2) is 46.6. The number of rotatable bonds is 10. The molecule has 0 heterocycles. The van der Waals surface area contributed by atoms with Gasteiger partial charge >= 0.3 is 29.8 Å². The lowest BCUT2D eigenvalue weighted by Crippen LogP contribution is -2.28. The molecule has 11 heteroatoms. The van der Waals surface area contributed by atoms with Crippen molar-refractivity contribution in [2.75, 3.05) is 27.1 Å². The largest absolute Gasteiger partial charge is 0.452 e. The van der Waals surface area contributed by atoms with Crippen LogP contribution in [-0.4, -0.2) is 69.2 Å². The van der Waals surface area contributed by atoms with Crippen LogP contribution >= 0.6 is 0 Å². The maximum atomic E-state index is 11.3. The van der Waals surface area contributed by atoms with Gasteiger partial charge in [0.1, 0.15) is 0 Å². The van der Waals surface area contributed by atoms with E-state index in [1.54, 1.807) is 0 Å². The summed E-state index contributed by atoms with van der Waals surface area (Å²) in [5.41, 5.74) is 0. The van der Waals surface area contributed by atoms with Crippen LogP contribution in [0.15, 0.2) is 0 Å². The second-order valence-electron chi connectivity index (χ2n) is 4.50. The molecule has 0 aliphatic carbocycles. The van der Waals surface area contributed by atoms with Crippen molar-refractivity contribution in [3.05, 3.63) is 0 Å². The highest BCUT2D eigenvalue weighted by Crippen LogP contribution is 1.96. The summed E-state index contributed by atoms with van der Waals surface area (Å²) in [7, 11) is 1.30. The molecule has 0 fully saturated rings. The first-order chi connectivity index (χ1) is 11.7. The molecule has 0 amide bonds. The Morgan fingerprint density at radius 3 is 1.11 bits per heavy atom. The van der Waals surface area contributed by atoms with Gasteiger partial charge in [-0.25, -0.2) is 19.2 Å². The third kappa shape index (κ3) is 43.8. The highest BCUT2D eigenvalue weighted by atomic mass is 16.7. The van der Waals surface area contributed by atoms with E-state index in [-0.39, 0.29) is 89.1 Å². The molecule has 2 unspecified atom stereocenters. The lowest BCUT2D eigenvalue weighted by Gasteiger charge is -2.11. The molecule has 11 nitrogen and oxygen atoms in total. The van der Waals surface area contributed by atoms with Gasteiger partial charge in [0.15, 0.2) is 25.4 Å². The van der Waals surface area contributed by atoms with Crippen LogP contribution in [-0.2, 0) is 52.4 Å². The zero-order chi connectivity index (χ0) is 19.4. The molecule has 0 saturated heterocycles. The fourth-order valence-corrected chi connectivity index (χ4v) is 1.13. The predicted molar refractivity (Wildman–Crippen MR) is 157 cm³/mol. The molecule has 0 N–H and O–H groups in total. The van der Waals surface area contributed by atoms with Gasteiger partial charge < -0.3 is 28.4 Å². The summed E-state index contributed by atoms with van der Waals surface area (Å²) in [6.45, 7) is 1.61. The van der Waals surface area contributed by atoms with Gasteiger partial charge in [0.05, 0.1) is 0 Å². The molecule has 0 bridgehead atoms. The second-order valence-corrected chi connectivity index (χ2v) is 4.50. The van der Waals surface area contributed by atoms with E-state index in [1.807, 2.05) is 0 Å². The number of ether oxygens (including phenoxy) is 6. The predicted octanol–water partition coefficient (Wildman–Crippen LogP) is 6.74. The Morgan fingerprint density at radius 2 is 0.838 bits per heavy atom. The summed E-state index contributed by atoms with van der Waals surface area (Å²) in [5, 5.41) is 0. The normalized spacial score (nSPS) is 8.32. The molecule has 0 aromatic heterocycles. The highest BCUT2D eigenvalue weighted by molar-refractivity contribution is 5.81. The topological polar surface area (TPSA) is 141 Å². The molecule has 37 heavy (non-hydrogen) atoms. The van der Waals surface area contributed by atoms with Gasteiger partial charge in [-0.1, -0.05) is 89.1 Å². The molecule has 0 spiro atoms. The van der Waals surface area contributed by atoms with Crippen molar-refractivity contribution in [2.24, 2.45) is 0 Å². The first kappa shape index (κ1) is 83.8. The lowest BCUT2D eigenvalue weighted by molar-refractivity contribution is -0.180. The summed E-state index contributed by atoms with van der Waals surface area (Å²) >= 11 is 0. The SMILES string of the molecule is C.C.C.C.C.C.C.C.C.C.C.C.COC(C)C(=O)OCC(=O)OCOC(=O)COC(=O)C(C)OC(C)=O. The Bertz CT molecular complexity index is 507. The molecular weight excluding hydrogens is 488 g/mol. The van der Waals surface area contributed by atoms with Crippen LogP contribution in [0.4, 0.5) is 0 Å². The summed E-state index contributed by atoms with van der Waals surface area (Å²) in [5.74, 6) is -4.33. The Kier molecular flexibility index (Phi) is 106. The van der Waals surface area contributed by atoms with E-state index in [2.05, 4.69) is 28.4 Å². The van der Waals surface area contributed by atoms with Crippen molar-refractivity contribution >= 4 is 29.8 Å². The number of methoxy groups -OCH3 is 1. The van der Waals surface area contributed by atoms with Gasteiger partial charge in [0.25, 0.3) is 0 Å². The summed E-state index contributed by atoms with van der Waals surface area (Å²) in [6, 6.07) is 0. The monoisotopic (exact) mass is 556 g/mol. The van der Waals surface area contributed by atoms with Crippen molar-refractivity contribution in [1.29, 1.82) is 0 Å². The smallest absolute Gasteiger partial charge is 0.347 e. The minimum Gasteiger partial charge on any atom is -0.452 e. The lowest BCUT2D eigenvalue weighted by atomic mass is 10.4. The Labute approximate surface area is 231 Å². The molecule has 0 saturated carbocycles. The van der Waals surface area contributed by atoms with Crippen molar-refractivity contribution < 1.29 is 52.4 Å². The van der Waals surface area contributed by atoms with Crippen molar-refractivity contribution in [3.63, 3.8) is 0 Å². The Balaban J connectivity index is -0.0000000436. The van der Waals surface area contributed by atoms with Crippen LogP contribution in [0.5, 0.6) is 0 Å². The van der Waals surface area contributed by atoms with Crippen LogP contribution in [0.2, 0.25) is 0 Å². The third-order valence-electron chi connectivity index (χ3n) is 2.46. The Hall–Kier alpha value is -2.69. The first-order valence-corrected chi connectivity index (χ1v) is 7.01. The van der Waals surface area contributed by atoms with E-state index < -0.39 is 62.1 Å². The standard InChI is InChI=1S/C14H20O11.12CH4/c1-8(20-4)13(18)21-5-11(16)23-7-24-12(17)6-22-14(19)9(2)25-10(3)15;;;;;;;;;;;;/h8-9H,5-7H2,1-4H3;12*1H4. The average Bonchev–Trinajstić information content (AvgIpc) is 2.55. The highest BCUT2D eigenvalue weighted by Gasteiger charge is 2.19. The molecule has 0 aliphatic heterocycles. The fourth-order valence-electron chi connectivity index (χ4n) is 1.13. The minimum atomic E-state index is -1.17. The molecule has 238 valence electrons. The zero-order valence-corrected chi connectivity index (χ0v) is 14.3. The third-order valence-corrected chi connectivity index (χ3v) is 2.46. The van der Waals surface area contributed by atoms with Crippen LogP contribution in [0, 0.1) is 0 Å². The van der Waals surface area contributed by atoms with Crippen molar-refractivity contribution in [2.45, 2.75) is 122 Å². The van der Waals surface area contributed by atoms with E-state index in [0.29, 0.717) is 0 Å². The molecule has 0 radical (unpaired) electrons. The number of carbonyl (C=O) groups excluding carboxylic acids is 5. The molecule has 0 aromatic carbocycles. The van der Waals surface area contributed by atoms with Gasteiger partial charge in [-0.2, -0.15) is 0 Å². The molecule has 0 aromatic rings. The first-order valence-electron chi connectivity index (χ1n) is 7.01. The molecular formula is C26H68O11. The quantitative estimate of drug-likeness (QED) is 0.160. The van der Waals surface area contributed by atoms with Crippen LogP contribution in [0.1, 0.15) is 110 Å². The van der Waals surface area contributed by atoms with Gasteiger partial charge in [-0.15, -0.1) is 0 Å². The molecule has 2 atom stereocenters. The minimum absolute atomic E-state index is 0. The van der Waals surface area contributed by atoms with E-state index in [1.165, 1.54) is 21.0 Å². The molecule has 0 rings (SSSR count). The van der Waals surface area contributed by atoms with Crippen molar-refractivity contribution in [3.8, 4) is 0 Å². The summed E-state index contributed by atoms with van der Waals surface area (Å²) < 4.78 is 27.2. The molecule has 0 aliphatic rings. The number of hydrogen-bond donors (Lipinski definition) is 0. The maximum Gasteiger partial charge on any atom is 0.347 e. The maximum absolute atomic E-state index is 11.3. The number of carbonyl (C=O) groups is 5. The Morgan fingerprint density at radius 1 is 0.541 bits per heavy atom. The average molecular weight is 557 g/mol. The van der Waals surface area contributed by atoms with Crippen LogP contribution < -0.4 is 0 Å². The summed E-state index contributed by atoms with van der Waals surface area (Å²) in [6.07, 6.45) is -2.01. The van der Waals surface area contributed by atoms with Crippen molar-refractivity contribution in [1.82, 2.24) is 0 Å². The zero-order valence-electron chi connectivity index (χ0n) is 14.3. The van der Waals surface area contributed by atoms with Crippen LogP contribution in [0.3, 0.4) is 0 Å². The van der Waals surface area contributed by atoms with E-state index in [0.717, 1.165) is 6.92 Å². The fraction of sp³-hybridized carbons (Fsp3) is 0.808. The van der Waals surface area contributed by atoms with Crippen LogP contribution in [0.25, 0.3) is 0 Å². The van der Waals surface area contributed by atoms with E-state index in [9.17, 15) is 24.0 Å². The van der Waals surface area contributed by atoms with Gasteiger partial charge in [-0.05, 0) is 13.8 Å². The summed E-state index contributed by atoms with van der Waals surface area (Å²) in [4.78, 5) is 55.7. The number of hydrogen-bond acceptors (Lipinski definition) is 11. The van der Waals surface area contributed by atoms with E-state index >= 15 is 0 Å².